The number of rotatable bonds is 3. The number of aryl methyl sites for hydroxylation is 4. The Labute approximate surface area is 96.7 Å². The van der Waals surface area contributed by atoms with E-state index in [0.717, 1.165) is 13.0 Å². The van der Waals surface area contributed by atoms with Gasteiger partial charge >= 0.3 is 0 Å². The molecule has 2 rings (SSSR count). The first kappa shape index (κ1) is 11.0. The van der Waals surface area contributed by atoms with Gasteiger partial charge in [0.15, 0.2) is 0 Å². The van der Waals surface area contributed by atoms with Crippen molar-refractivity contribution >= 4 is 0 Å². The summed E-state index contributed by atoms with van der Waals surface area (Å²) in [5, 5.41) is 4.47. The van der Waals surface area contributed by atoms with Gasteiger partial charge in [-0.3, -0.25) is 4.68 Å². The predicted octanol–water partition coefficient (Wildman–Crippen LogP) is 2.45. The molecule has 0 N–H and O–H groups in total. The summed E-state index contributed by atoms with van der Waals surface area (Å²) in [6.07, 6.45) is 3.12. The Bertz CT molecular complexity index is 472. The van der Waals surface area contributed by atoms with Crippen LogP contribution < -0.4 is 0 Å². The number of hydrogen-bond acceptors (Lipinski definition) is 1. The molecule has 3 nitrogen and oxygen atoms in total. The van der Waals surface area contributed by atoms with E-state index >= 15 is 0 Å². The molecule has 0 aromatic carbocycles. The largest absolute Gasteiger partial charge is 0.345 e. The lowest BCUT2D eigenvalue weighted by molar-refractivity contribution is 0.742. The van der Waals surface area contributed by atoms with Gasteiger partial charge in [0.05, 0.1) is 12.2 Å². The first-order chi connectivity index (χ1) is 7.61. The van der Waals surface area contributed by atoms with Crippen LogP contribution in [0, 0.1) is 13.8 Å². The molecular formula is C13H19N3. The topological polar surface area (TPSA) is 22.8 Å². The molecule has 0 saturated carbocycles. The zero-order valence-corrected chi connectivity index (χ0v) is 10.5. The second-order valence-electron chi connectivity index (χ2n) is 4.33. The maximum absolute atomic E-state index is 4.47. The van der Waals surface area contributed by atoms with Crippen LogP contribution >= 0.6 is 0 Å². The fourth-order valence-corrected chi connectivity index (χ4v) is 2.13. The van der Waals surface area contributed by atoms with Crippen LogP contribution in [0.15, 0.2) is 18.3 Å². The molecule has 0 atom stereocenters. The molecule has 86 valence electrons. The van der Waals surface area contributed by atoms with E-state index in [9.17, 15) is 0 Å². The van der Waals surface area contributed by atoms with Crippen molar-refractivity contribution in [2.24, 2.45) is 7.05 Å². The van der Waals surface area contributed by atoms with E-state index in [-0.39, 0.29) is 0 Å². The molecule has 0 aliphatic rings. The van der Waals surface area contributed by atoms with E-state index in [4.69, 9.17) is 0 Å². The molecule has 0 aliphatic heterocycles. The normalized spacial score (nSPS) is 11.0. The Kier molecular flexibility index (Phi) is 2.86. The van der Waals surface area contributed by atoms with Crippen molar-refractivity contribution in [3.63, 3.8) is 0 Å². The zero-order chi connectivity index (χ0) is 11.7. The summed E-state index contributed by atoms with van der Waals surface area (Å²) < 4.78 is 4.23. The lowest BCUT2D eigenvalue weighted by atomic mass is 10.2. The van der Waals surface area contributed by atoms with Crippen LogP contribution in [0.4, 0.5) is 0 Å². The minimum atomic E-state index is 0.932. The van der Waals surface area contributed by atoms with Crippen LogP contribution in [-0.2, 0) is 20.0 Å². The number of aromatic nitrogens is 3. The van der Waals surface area contributed by atoms with Crippen LogP contribution in [0.5, 0.6) is 0 Å². The molecule has 2 heterocycles. The minimum Gasteiger partial charge on any atom is -0.345 e. The number of hydrogen-bond donors (Lipinski definition) is 0. The second-order valence-corrected chi connectivity index (χ2v) is 4.33. The molecule has 0 radical (unpaired) electrons. The Morgan fingerprint density at radius 1 is 1.19 bits per heavy atom. The van der Waals surface area contributed by atoms with Crippen molar-refractivity contribution in [3.05, 3.63) is 41.0 Å². The third-order valence-corrected chi connectivity index (χ3v) is 3.07. The van der Waals surface area contributed by atoms with E-state index in [1.807, 2.05) is 11.7 Å². The summed E-state index contributed by atoms with van der Waals surface area (Å²) in [4.78, 5) is 0. The molecule has 2 aromatic rings. The quantitative estimate of drug-likeness (QED) is 0.774. The van der Waals surface area contributed by atoms with E-state index in [0.29, 0.717) is 0 Å². The van der Waals surface area contributed by atoms with E-state index in [2.05, 4.69) is 48.8 Å². The van der Waals surface area contributed by atoms with Gasteiger partial charge in [0.25, 0.3) is 0 Å². The maximum Gasteiger partial charge on any atom is 0.0671 e. The molecular weight excluding hydrogens is 198 g/mol. The highest BCUT2D eigenvalue weighted by molar-refractivity contribution is 5.21. The average Bonchev–Trinajstić information content (AvgIpc) is 2.75. The standard InChI is InChI=1S/C13H19N3/c1-5-13-12(8-15(4)14-13)9-16-10(2)6-7-11(16)3/h6-8H,5,9H2,1-4H3. The molecule has 0 unspecified atom stereocenters. The molecule has 3 heteroatoms. The Morgan fingerprint density at radius 3 is 2.38 bits per heavy atom. The summed E-state index contributed by atoms with van der Waals surface area (Å²) >= 11 is 0. The van der Waals surface area contributed by atoms with Gasteiger partial charge < -0.3 is 4.57 Å². The second kappa shape index (κ2) is 4.16. The van der Waals surface area contributed by atoms with Gasteiger partial charge in [-0.2, -0.15) is 5.10 Å². The van der Waals surface area contributed by atoms with Gasteiger partial charge in [0.1, 0.15) is 0 Å². The molecule has 0 bridgehead atoms. The van der Waals surface area contributed by atoms with Gasteiger partial charge in [0, 0.05) is 30.2 Å². The van der Waals surface area contributed by atoms with Crippen LogP contribution in [0.1, 0.15) is 29.6 Å². The van der Waals surface area contributed by atoms with Crippen LogP contribution in [-0.4, -0.2) is 14.3 Å². The van der Waals surface area contributed by atoms with Crippen LogP contribution in [0.25, 0.3) is 0 Å². The maximum atomic E-state index is 4.47. The Hall–Kier alpha value is -1.51. The van der Waals surface area contributed by atoms with Crippen molar-refractivity contribution in [3.8, 4) is 0 Å². The minimum absolute atomic E-state index is 0.932. The highest BCUT2D eigenvalue weighted by Gasteiger charge is 2.08. The first-order valence-corrected chi connectivity index (χ1v) is 5.76. The van der Waals surface area contributed by atoms with Gasteiger partial charge in [-0.1, -0.05) is 6.92 Å². The van der Waals surface area contributed by atoms with E-state index < -0.39 is 0 Å². The van der Waals surface area contributed by atoms with Crippen LogP contribution in [0.3, 0.4) is 0 Å². The summed E-state index contributed by atoms with van der Waals surface area (Å²) in [5.74, 6) is 0. The summed E-state index contributed by atoms with van der Waals surface area (Å²) in [5.41, 5.74) is 5.15. The Balaban J connectivity index is 2.33. The Morgan fingerprint density at radius 2 is 1.81 bits per heavy atom. The molecule has 0 fully saturated rings. The van der Waals surface area contributed by atoms with Crippen molar-refractivity contribution in [1.29, 1.82) is 0 Å². The van der Waals surface area contributed by atoms with Gasteiger partial charge in [-0.25, -0.2) is 0 Å². The third-order valence-electron chi connectivity index (χ3n) is 3.07. The SMILES string of the molecule is CCc1nn(C)cc1Cn1c(C)ccc1C. The van der Waals surface area contributed by atoms with E-state index in [1.54, 1.807) is 0 Å². The highest BCUT2D eigenvalue weighted by atomic mass is 15.3. The summed E-state index contributed by atoms with van der Waals surface area (Å²) in [7, 11) is 1.98. The summed E-state index contributed by atoms with van der Waals surface area (Å²) in [6, 6.07) is 4.33. The molecule has 0 aliphatic carbocycles. The number of nitrogens with zero attached hydrogens (tertiary/aromatic N) is 3. The monoisotopic (exact) mass is 217 g/mol. The molecule has 2 aromatic heterocycles. The van der Waals surface area contributed by atoms with Crippen molar-refractivity contribution in [1.82, 2.24) is 14.3 Å². The average molecular weight is 217 g/mol. The molecule has 0 saturated heterocycles. The van der Waals surface area contributed by atoms with Crippen LogP contribution in [0.2, 0.25) is 0 Å². The van der Waals surface area contributed by atoms with Gasteiger partial charge in [-0.15, -0.1) is 0 Å². The fourth-order valence-electron chi connectivity index (χ4n) is 2.13. The molecule has 0 amide bonds. The predicted molar refractivity (Wildman–Crippen MR) is 65.6 cm³/mol. The molecule has 16 heavy (non-hydrogen) atoms. The fraction of sp³-hybridized carbons (Fsp3) is 0.462. The van der Waals surface area contributed by atoms with Gasteiger partial charge in [-0.05, 0) is 32.4 Å². The van der Waals surface area contributed by atoms with Gasteiger partial charge in [0.2, 0.25) is 0 Å². The van der Waals surface area contributed by atoms with Crippen molar-refractivity contribution in [2.45, 2.75) is 33.7 Å². The smallest absolute Gasteiger partial charge is 0.0671 e. The third kappa shape index (κ3) is 1.90. The first-order valence-electron chi connectivity index (χ1n) is 5.76. The van der Waals surface area contributed by atoms with Crippen molar-refractivity contribution < 1.29 is 0 Å². The zero-order valence-electron chi connectivity index (χ0n) is 10.5. The molecule has 0 spiro atoms. The van der Waals surface area contributed by atoms with Crippen molar-refractivity contribution in [2.75, 3.05) is 0 Å². The lowest BCUT2D eigenvalue weighted by Gasteiger charge is -2.08. The highest BCUT2D eigenvalue weighted by Crippen LogP contribution is 2.14. The lowest BCUT2D eigenvalue weighted by Crippen LogP contribution is -2.04. The van der Waals surface area contributed by atoms with E-state index in [1.165, 1.54) is 22.6 Å². The summed E-state index contributed by atoms with van der Waals surface area (Å²) in [6.45, 7) is 7.38.